The normalized spacial score (nSPS) is 10.2. The monoisotopic (exact) mass is 248 g/mol. The molecule has 2 N–H and O–H groups in total. The van der Waals surface area contributed by atoms with Crippen molar-refractivity contribution < 1.29 is 0 Å². The maximum absolute atomic E-state index is 4.17. The van der Waals surface area contributed by atoms with Crippen molar-refractivity contribution >= 4 is 23.0 Å². The molecule has 5 heteroatoms. The van der Waals surface area contributed by atoms with Gasteiger partial charge in [-0.1, -0.05) is 6.92 Å². The van der Waals surface area contributed by atoms with Crippen molar-refractivity contribution in [3.05, 3.63) is 34.3 Å². The maximum atomic E-state index is 4.17. The lowest BCUT2D eigenvalue weighted by Crippen LogP contribution is -2.01. The summed E-state index contributed by atoms with van der Waals surface area (Å²) in [6.07, 6.45) is 2.65. The molecule has 4 nitrogen and oxygen atoms in total. The second kappa shape index (κ2) is 5.63. The summed E-state index contributed by atoms with van der Waals surface area (Å²) in [4.78, 5) is 11.0. The van der Waals surface area contributed by atoms with Gasteiger partial charge >= 0.3 is 0 Å². The molecule has 0 unspecified atom stereocenters. The van der Waals surface area contributed by atoms with E-state index in [0.29, 0.717) is 0 Å². The van der Waals surface area contributed by atoms with Crippen LogP contribution in [0.4, 0.5) is 11.6 Å². The van der Waals surface area contributed by atoms with Crippen LogP contribution in [0.15, 0.2) is 24.5 Å². The minimum atomic E-state index is 0.810. The van der Waals surface area contributed by atoms with E-state index in [9.17, 15) is 0 Å². The van der Waals surface area contributed by atoms with Crippen molar-refractivity contribution in [2.24, 2.45) is 0 Å². The highest BCUT2D eigenvalue weighted by molar-refractivity contribution is 7.12. The van der Waals surface area contributed by atoms with Crippen molar-refractivity contribution in [2.45, 2.75) is 19.9 Å². The summed E-state index contributed by atoms with van der Waals surface area (Å²) in [7, 11) is 1.85. The highest BCUT2D eigenvalue weighted by atomic mass is 32.1. The van der Waals surface area contributed by atoms with Gasteiger partial charge in [0.15, 0.2) is 0 Å². The summed E-state index contributed by atoms with van der Waals surface area (Å²) >= 11 is 1.84. The van der Waals surface area contributed by atoms with Gasteiger partial charge in [-0.2, -0.15) is 0 Å². The molecule has 0 radical (unpaired) electrons. The van der Waals surface area contributed by atoms with Crippen LogP contribution in [0, 0.1) is 0 Å². The predicted molar refractivity (Wildman–Crippen MR) is 72.6 cm³/mol. The molecule has 0 atom stereocenters. The second-order valence-electron chi connectivity index (χ2n) is 3.61. The lowest BCUT2D eigenvalue weighted by molar-refractivity contribution is 1.10. The Kier molecular flexibility index (Phi) is 3.93. The lowest BCUT2D eigenvalue weighted by Gasteiger charge is -2.05. The molecule has 0 aliphatic carbocycles. The molecule has 0 amide bonds. The molecule has 2 rings (SSSR count). The number of aromatic nitrogens is 2. The first kappa shape index (κ1) is 11.9. The standard InChI is InChI=1S/C12H16N4S/c1-3-9-4-5-10(17-9)7-14-12-6-11(13-2)15-8-16-12/h4-6,8H,3,7H2,1-2H3,(H2,13,14,15,16). The van der Waals surface area contributed by atoms with Gasteiger partial charge < -0.3 is 10.6 Å². The van der Waals surface area contributed by atoms with Crippen LogP contribution in [0.5, 0.6) is 0 Å². The van der Waals surface area contributed by atoms with Crippen molar-refractivity contribution in [1.82, 2.24) is 9.97 Å². The number of thiophene rings is 1. The molecular weight excluding hydrogens is 232 g/mol. The first-order valence-electron chi connectivity index (χ1n) is 5.63. The summed E-state index contributed by atoms with van der Waals surface area (Å²) in [6.45, 7) is 2.98. The molecule has 2 aromatic heterocycles. The zero-order valence-corrected chi connectivity index (χ0v) is 10.8. The van der Waals surface area contributed by atoms with Gasteiger partial charge in [0.05, 0.1) is 6.54 Å². The number of hydrogen-bond donors (Lipinski definition) is 2. The Bertz CT molecular complexity index is 481. The van der Waals surface area contributed by atoms with Crippen LogP contribution < -0.4 is 10.6 Å². The van der Waals surface area contributed by atoms with E-state index in [4.69, 9.17) is 0 Å². The molecule has 0 saturated carbocycles. The number of hydrogen-bond acceptors (Lipinski definition) is 5. The molecule has 2 heterocycles. The van der Waals surface area contributed by atoms with Crippen molar-refractivity contribution in [3.8, 4) is 0 Å². The first-order valence-corrected chi connectivity index (χ1v) is 6.44. The molecule has 0 spiro atoms. The van der Waals surface area contributed by atoms with Gasteiger partial charge in [0.2, 0.25) is 0 Å². The highest BCUT2D eigenvalue weighted by Gasteiger charge is 2.00. The van der Waals surface area contributed by atoms with Crippen molar-refractivity contribution in [3.63, 3.8) is 0 Å². The van der Waals surface area contributed by atoms with E-state index in [2.05, 4.69) is 39.7 Å². The van der Waals surface area contributed by atoms with Crippen LogP contribution >= 0.6 is 11.3 Å². The summed E-state index contributed by atoms with van der Waals surface area (Å²) in [6, 6.07) is 6.24. The Morgan fingerprint density at radius 2 is 1.94 bits per heavy atom. The Hall–Kier alpha value is -1.62. The van der Waals surface area contributed by atoms with Crippen LogP contribution in [-0.4, -0.2) is 17.0 Å². The minimum absolute atomic E-state index is 0.810. The number of nitrogens with zero attached hydrogens (tertiary/aromatic N) is 2. The van der Waals surface area contributed by atoms with Crippen molar-refractivity contribution in [1.29, 1.82) is 0 Å². The fourth-order valence-corrected chi connectivity index (χ4v) is 2.37. The van der Waals surface area contributed by atoms with Gasteiger partial charge in [-0.05, 0) is 18.6 Å². The Balaban J connectivity index is 1.96. The molecule has 0 saturated heterocycles. The second-order valence-corrected chi connectivity index (χ2v) is 4.87. The fourth-order valence-electron chi connectivity index (χ4n) is 1.48. The molecule has 0 aromatic carbocycles. The third-order valence-corrected chi connectivity index (χ3v) is 3.66. The number of anilines is 2. The van der Waals surface area contributed by atoms with Gasteiger partial charge in [-0.25, -0.2) is 9.97 Å². The largest absolute Gasteiger partial charge is 0.373 e. The van der Waals surface area contributed by atoms with E-state index in [-0.39, 0.29) is 0 Å². The van der Waals surface area contributed by atoms with Crippen LogP contribution in [0.1, 0.15) is 16.7 Å². The smallest absolute Gasteiger partial charge is 0.131 e. The van der Waals surface area contributed by atoms with Gasteiger partial charge in [0.25, 0.3) is 0 Å². The third kappa shape index (κ3) is 3.17. The minimum Gasteiger partial charge on any atom is -0.373 e. The van der Waals surface area contributed by atoms with Crippen LogP contribution in [0.25, 0.3) is 0 Å². The molecule has 17 heavy (non-hydrogen) atoms. The first-order chi connectivity index (χ1) is 8.31. The molecule has 0 aliphatic heterocycles. The Morgan fingerprint density at radius 1 is 1.18 bits per heavy atom. The number of aryl methyl sites for hydroxylation is 1. The predicted octanol–water partition coefficient (Wildman–Crippen LogP) is 2.75. The van der Waals surface area contributed by atoms with E-state index in [1.54, 1.807) is 6.33 Å². The SMILES string of the molecule is CCc1ccc(CNc2cc(NC)ncn2)s1. The van der Waals surface area contributed by atoms with Crippen LogP contribution in [0.2, 0.25) is 0 Å². The number of rotatable bonds is 5. The van der Waals surface area contributed by atoms with E-state index >= 15 is 0 Å². The van der Waals surface area contributed by atoms with E-state index in [0.717, 1.165) is 24.6 Å². The van der Waals surface area contributed by atoms with E-state index in [1.165, 1.54) is 9.75 Å². The summed E-state index contributed by atoms with van der Waals surface area (Å²) in [5, 5.41) is 6.28. The molecule has 0 fully saturated rings. The summed E-state index contributed by atoms with van der Waals surface area (Å²) in [5.41, 5.74) is 0. The average Bonchev–Trinajstić information content (AvgIpc) is 2.84. The quantitative estimate of drug-likeness (QED) is 0.854. The van der Waals surface area contributed by atoms with Gasteiger partial charge in [-0.3, -0.25) is 0 Å². The zero-order chi connectivity index (χ0) is 12.1. The number of nitrogens with one attached hydrogen (secondary N) is 2. The summed E-state index contributed by atoms with van der Waals surface area (Å²) in [5.74, 6) is 1.67. The van der Waals surface area contributed by atoms with Crippen LogP contribution in [0.3, 0.4) is 0 Å². The maximum Gasteiger partial charge on any atom is 0.131 e. The lowest BCUT2D eigenvalue weighted by atomic mass is 10.3. The fraction of sp³-hybridized carbons (Fsp3) is 0.333. The average molecular weight is 248 g/mol. The van der Waals surface area contributed by atoms with E-state index in [1.807, 2.05) is 24.5 Å². The van der Waals surface area contributed by atoms with Gasteiger partial charge in [-0.15, -0.1) is 11.3 Å². The zero-order valence-electron chi connectivity index (χ0n) is 10.0. The molecule has 2 aromatic rings. The van der Waals surface area contributed by atoms with Crippen molar-refractivity contribution in [2.75, 3.05) is 17.7 Å². The topological polar surface area (TPSA) is 49.8 Å². The Labute approximate surface area is 105 Å². The summed E-state index contributed by atoms with van der Waals surface area (Å²) < 4.78 is 0. The molecule has 90 valence electrons. The highest BCUT2D eigenvalue weighted by Crippen LogP contribution is 2.18. The molecule has 0 bridgehead atoms. The van der Waals surface area contributed by atoms with Gasteiger partial charge in [0, 0.05) is 22.9 Å². The van der Waals surface area contributed by atoms with Gasteiger partial charge in [0.1, 0.15) is 18.0 Å². The molecular formula is C12H16N4S. The Morgan fingerprint density at radius 3 is 2.65 bits per heavy atom. The van der Waals surface area contributed by atoms with E-state index < -0.39 is 0 Å². The third-order valence-electron chi connectivity index (χ3n) is 2.43. The molecule has 0 aliphatic rings. The van der Waals surface area contributed by atoms with Crippen LogP contribution in [-0.2, 0) is 13.0 Å².